The second-order valence-electron chi connectivity index (χ2n) is 5.97. The molecule has 0 unspecified atom stereocenters. The molecule has 0 aliphatic carbocycles. The standard InChI is InChI=1S/C18H23FN2O3S/c1-14(11-21-25(2,22)23)20-12-15-6-8-18(9-7-15)24-13-16-4-3-5-17(19)10-16/h3-10,14,20-21H,11-13H2,1-2H3/t14-/m0/s1. The number of hydrogen-bond donors (Lipinski definition) is 2. The molecule has 0 aliphatic rings. The summed E-state index contributed by atoms with van der Waals surface area (Å²) in [6.07, 6.45) is 1.14. The highest BCUT2D eigenvalue weighted by molar-refractivity contribution is 7.88. The van der Waals surface area contributed by atoms with Crippen LogP contribution in [-0.2, 0) is 23.2 Å². The number of hydrogen-bond acceptors (Lipinski definition) is 4. The lowest BCUT2D eigenvalue weighted by Gasteiger charge is -2.14. The van der Waals surface area contributed by atoms with Gasteiger partial charge in [-0.1, -0.05) is 24.3 Å². The van der Waals surface area contributed by atoms with E-state index < -0.39 is 10.0 Å². The van der Waals surface area contributed by atoms with E-state index in [0.29, 0.717) is 25.4 Å². The number of sulfonamides is 1. The molecule has 0 radical (unpaired) electrons. The van der Waals surface area contributed by atoms with Crippen molar-refractivity contribution in [2.24, 2.45) is 0 Å². The minimum absolute atomic E-state index is 0.0126. The smallest absolute Gasteiger partial charge is 0.208 e. The molecule has 0 saturated heterocycles. The number of benzene rings is 2. The molecular weight excluding hydrogens is 343 g/mol. The summed E-state index contributed by atoms with van der Waals surface area (Å²) < 4.78 is 43.3. The highest BCUT2D eigenvalue weighted by Gasteiger charge is 2.06. The second kappa shape index (κ2) is 8.94. The molecule has 25 heavy (non-hydrogen) atoms. The molecule has 0 aliphatic heterocycles. The van der Waals surface area contributed by atoms with Gasteiger partial charge in [0, 0.05) is 19.1 Å². The van der Waals surface area contributed by atoms with Crippen molar-refractivity contribution in [2.45, 2.75) is 26.1 Å². The highest BCUT2D eigenvalue weighted by atomic mass is 32.2. The normalized spacial score (nSPS) is 12.8. The van der Waals surface area contributed by atoms with Gasteiger partial charge in [0.1, 0.15) is 18.2 Å². The largest absolute Gasteiger partial charge is 0.489 e. The summed E-state index contributed by atoms with van der Waals surface area (Å²) in [5.74, 6) is 0.432. The molecular formula is C18H23FN2O3S. The van der Waals surface area contributed by atoms with Gasteiger partial charge in [-0.15, -0.1) is 0 Å². The molecule has 2 N–H and O–H groups in total. The summed E-state index contributed by atoms with van der Waals surface area (Å²) in [5, 5.41) is 3.25. The van der Waals surface area contributed by atoms with Crippen molar-refractivity contribution in [2.75, 3.05) is 12.8 Å². The number of rotatable bonds is 9. The Morgan fingerprint density at radius 2 is 1.84 bits per heavy atom. The summed E-state index contributed by atoms with van der Waals surface area (Å²) in [7, 11) is -3.17. The lowest BCUT2D eigenvalue weighted by Crippen LogP contribution is -2.38. The van der Waals surface area contributed by atoms with Crippen molar-refractivity contribution in [3.63, 3.8) is 0 Å². The van der Waals surface area contributed by atoms with E-state index in [4.69, 9.17) is 4.74 Å². The van der Waals surface area contributed by atoms with Crippen LogP contribution in [0.25, 0.3) is 0 Å². The third kappa shape index (κ3) is 7.64. The fraction of sp³-hybridized carbons (Fsp3) is 0.333. The molecule has 2 aromatic carbocycles. The minimum Gasteiger partial charge on any atom is -0.489 e. The van der Waals surface area contributed by atoms with Crippen LogP contribution < -0.4 is 14.8 Å². The maximum Gasteiger partial charge on any atom is 0.208 e. The molecule has 0 saturated carbocycles. The summed E-state index contributed by atoms with van der Waals surface area (Å²) in [6, 6.07) is 13.9. The lowest BCUT2D eigenvalue weighted by molar-refractivity contribution is 0.305. The van der Waals surface area contributed by atoms with E-state index in [1.165, 1.54) is 12.1 Å². The molecule has 7 heteroatoms. The van der Waals surface area contributed by atoms with Crippen LogP contribution in [0.2, 0.25) is 0 Å². The first-order chi connectivity index (χ1) is 11.8. The summed E-state index contributed by atoms with van der Waals surface area (Å²) in [5.41, 5.74) is 1.84. The minimum atomic E-state index is -3.17. The van der Waals surface area contributed by atoms with E-state index in [9.17, 15) is 12.8 Å². The van der Waals surface area contributed by atoms with Gasteiger partial charge in [0.05, 0.1) is 6.26 Å². The summed E-state index contributed by atoms with van der Waals surface area (Å²) in [6.45, 7) is 3.18. The number of nitrogens with one attached hydrogen (secondary N) is 2. The van der Waals surface area contributed by atoms with Crippen LogP contribution >= 0.6 is 0 Å². The Morgan fingerprint density at radius 1 is 1.12 bits per heavy atom. The van der Waals surface area contributed by atoms with Crippen LogP contribution in [0.15, 0.2) is 48.5 Å². The van der Waals surface area contributed by atoms with Crippen LogP contribution in [0.1, 0.15) is 18.1 Å². The van der Waals surface area contributed by atoms with Gasteiger partial charge in [-0.2, -0.15) is 0 Å². The molecule has 0 aromatic heterocycles. The fourth-order valence-corrected chi connectivity index (χ4v) is 2.69. The van der Waals surface area contributed by atoms with Gasteiger partial charge in [-0.3, -0.25) is 0 Å². The Hall–Kier alpha value is -1.96. The Morgan fingerprint density at radius 3 is 2.48 bits per heavy atom. The zero-order valence-corrected chi connectivity index (χ0v) is 15.1. The quantitative estimate of drug-likeness (QED) is 0.715. The Balaban J connectivity index is 1.77. The van der Waals surface area contributed by atoms with Gasteiger partial charge in [0.15, 0.2) is 0 Å². The first-order valence-corrected chi connectivity index (χ1v) is 9.85. The Labute approximate surface area is 148 Å². The van der Waals surface area contributed by atoms with Crippen LogP contribution in [-0.4, -0.2) is 27.3 Å². The third-order valence-electron chi connectivity index (χ3n) is 3.52. The predicted molar refractivity (Wildman–Crippen MR) is 96.3 cm³/mol. The van der Waals surface area contributed by atoms with Crippen molar-refractivity contribution in [3.05, 3.63) is 65.5 Å². The zero-order chi connectivity index (χ0) is 18.3. The Bertz CT molecular complexity index is 779. The van der Waals surface area contributed by atoms with Gasteiger partial charge in [0.2, 0.25) is 10.0 Å². The monoisotopic (exact) mass is 366 g/mol. The van der Waals surface area contributed by atoms with E-state index in [0.717, 1.165) is 17.4 Å². The van der Waals surface area contributed by atoms with Crippen LogP contribution in [0.4, 0.5) is 4.39 Å². The van der Waals surface area contributed by atoms with E-state index in [1.807, 2.05) is 37.3 Å². The summed E-state index contributed by atoms with van der Waals surface area (Å²) >= 11 is 0. The van der Waals surface area contributed by atoms with Crippen molar-refractivity contribution >= 4 is 10.0 Å². The molecule has 0 spiro atoms. The molecule has 0 heterocycles. The van der Waals surface area contributed by atoms with Gasteiger partial charge in [-0.25, -0.2) is 17.5 Å². The van der Waals surface area contributed by atoms with E-state index in [1.54, 1.807) is 6.07 Å². The Kier molecular flexibility index (Phi) is 6.92. The number of ether oxygens (including phenoxy) is 1. The van der Waals surface area contributed by atoms with Crippen molar-refractivity contribution in [3.8, 4) is 5.75 Å². The van der Waals surface area contributed by atoms with Crippen molar-refractivity contribution in [1.29, 1.82) is 0 Å². The van der Waals surface area contributed by atoms with Gasteiger partial charge in [-0.05, 0) is 42.3 Å². The number of halogens is 1. The fourth-order valence-electron chi connectivity index (χ4n) is 2.14. The van der Waals surface area contributed by atoms with Crippen LogP contribution in [0.5, 0.6) is 5.75 Å². The average Bonchev–Trinajstić information content (AvgIpc) is 2.57. The highest BCUT2D eigenvalue weighted by Crippen LogP contribution is 2.14. The third-order valence-corrected chi connectivity index (χ3v) is 4.22. The average molecular weight is 366 g/mol. The van der Waals surface area contributed by atoms with E-state index >= 15 is 0 Å². The predicted octanol–water partition coefficient (Wildman–Crippen LogP) is 2.43. The van der Waals surface area contributed by atoms with Crippen LogP contribution in [0.3, 0.4) is 0 Å². The van der Waals surface area contributed by atoms with Crippen LogP contribution in [0, 0.1) is 5.82 Å². The first kappa shape index (κ1) is 19.4. The molecule has 136 valence electrons. The maximum absolute atomic E-state index is 13.1. The summed E-state index contributed by atoms with van der Waals surface area (Å²) in [4.78, 5) is 0. The van der Waals surface area contributed by atoms with Crippen molar-refractivity contribution in [1.82, 2.24) is 10.0 Å². The molecule has 0 bridgehead atoms. The van der Waals surface area contributed by atoms with E-state index in [-0.39, 0.29) is 11.9 Å². The van der Waals surface area contributed by atoms with Gasteiger partial charge < -0.3 is 10.1 Å². The zero-order valence-electron chi connectivity index (χ0n) is 14.3. The maximum atomic E-state index is 13.1. The first-order valence-electron chi connectivity index (χ1n) is 7.96. The molecule has 0 amide bonds. The van der Waals surface area contributed by atoms with Gasteiger partial charge in [0.25, 0.3) is 0 Å². The topological polar surface area (TPSA) is 67.4 Å². The SMILES string of the molecule is C[C@@H](CNS(C)(=O)=O)NCc1ccc(OCc2cccc(F)c2)cc1. The molecule has 5 nitrogen and oxygen atoms in total. The lowest BCUT2D eigenvalue weighted by atomic mass is 10.2. The molecule has 2 rings (SSSR count). The second-order valence-corrected chi connectivity index (χ2v) is 7.80. The molecule has 1 atom stereocenters. The molecule has 2 aromatic rings. The molecule has 0 fully saturated rings. The van der Waals surface area contributed by atoms with Gasteiger partial charge >= 0.3 is 0 Å². The van der Waals surface area contributed by atoms with E-state index in [2.05, 4.69) is 10.0 Å². The van der Waals surface area contributed by atoms with Crippen molar-refractivity contribution < 1.29 is 17.5 Å².